The molecule has 0 aliphatic carbocycles. The highest BCUT2D eigenvalue weighted by Gasteiger charge is 2.24. The molecule has 0 aromatic rings. The monoisotopic (exact) mass is 234 g/mol. The van der Waals surface area contributed by atoms with Crippen molar-refractivity contribution in [2.75, 3.05) is 13.7 Å². The van der Waals surface area contributed by atoms with E-state index < -0.39 is 36.4 Å². The number of ether oxygens (including phenoxy) is 1. The highest BCUT2D eigenvalue weighted by atomic mass is 16.5. The number of amides is 1. The van der Waals surface area contributed by atoms with Gasteiger partial charge in [-0.3, -0.25) is 9.59 Å². The molecule has 0 unspecified atom stereocenters. The van der Waals surface area contributed by atoms with E-state index in [1.54, 1.807) is 0 Å². The van der Waals surface area contributed by atoms with Crippen LogP contribution in [-0.2, 0) is 19.1 Å². The smallest absolute Gasteiger partial charge is 0.328 e. The van der Waals surface area contributed by atoms with E-state index in [4.69, 9.17) is 15.9 Å². The molecule has 0 aromatic carbocycles. The molecule has 92 valence electrons. The first-order chi connectivity index (χ1) is 7.38. The second kappa shape index (κ2) is 6.75. The van der Waals surface area contributed by atoms with Gasteiger partial charge in [0.05, 0.1) is 19.1 Å². The van der Waals surface area contributed by atoms with Crippen LogP contribution in [0, 0.1) is 0 Å². The number of nitrogens with two attached hydrogens (primary N) is 1. The fourth-order valence-electron chi connectivity index (χ4n) is 0.901. The van der Waals surface area contributed by atoms with Gasteiger partial charge in [0.1, 0.15) is 0 Å². The van der Waals surface area contributed by atoms with Gasteiger partial charge in [-0.05, 0) is 0 Å². The fraction of sp³-hybridized carbons (Fsp3) is 0.625. The molecule has 2 atom stereocenters. The van der Waals surface area contributed by atoms with Crippen LogP contribution in [0.25, 0.3) is 0 Å². The minimum absolute atomic E-state index is 0.221. The SMILES string of the molecule is COC[C@@H](NC(=O)[C@@H](N)CC(=O)O)C(=O)O. The third kappa shape index (κ3) is 5.27. The molecular formula is C8H14N2O6. The Kier molecular flexibility index (Phi) is 6.04. The van der Waals surface area contributed by atoms with E-state index in [0.29, 0.717) is 0 Å². The summed E-state index contributed by atoms with van der Waals surface area (Å²) in [6.07, 6.45) is -0.564. The largest absolute Gasteiger partial charge is 0.481 e. The lowest BCUT2D eigenvalue weighted by molar-refractivity contribution is -0.144. The van der Waals surface area contributed by atoms with E-state index in [1.165, 1.54) is 7.11 Å². The second-order valence-corrected chi connectivity index (χ2v) is 3.06. The molecule has 5 N–H and O–H groups in total. The summed E-state index contributed by atoms with van der Waals surface area (Å²) in [6, 6.07) is -2.52. The number of carbonyl (C=O) groups is 3. The lowest BCUT2D eigenvalue weighted by Crippen LogP contribution is -2.50. The summed E-state index contributed by atoms with van der Waals surface area (Å²) in [6.45, 7) is -0.221. The Bertz CT molecular complexity index is 280. The molecule has 0 aliphatic rings. The minimum Gasteiger partial charge on any atom is -0.481 e. The molecule has 0 aliphatic heterocycles. The van der Waals surface area contributed by atoms with Crippen molar-refractivity contribution in [2.24, 2.45) is 5.73 Å². The number of methoxy groups -OCH3 is 1. The standard InChI is InChI=1S/C8H14N2O6/c1-16-3-5(8(14)15)10-7(13)4(9)2-6(11)12/h4-5H,2-3,9H2,1H3,(H,10,13)(H,11,12)(H,14,15)/t4-,5+/m0/s1. The Morgan fingerprint density at radius 2 is 1.94 bits per heavy atom. The number of hydrogen-bond acceptors (Lipinski definition) is 5. The predicted molar refractivity (Wildman–Crippen MR) is 51.7 cm³/mol. The molecule has 0 fully saturated rings. The van der Waals surface area contributed by atoms with E-state index in [2.05, 4.69) is 10.1 Å². The second-order valence-electron chi connectivity index (χ2n) is 3.06. The van der Waals surface area contributed by atoms with Crippen molar-refractivity contribution < 1.29 is 29.3 Å². The van der Waals surface area contributed by atoms with Gasteiger partial charge < -0.3 is 26.0 Å². The number of rotatable bonds is 7. The maximum absolute atomic E-state index is 11.2. The first-order valence-electron chi connectivity index (χ1n) is 4.38. The van der Waals surface area contributed by atoms with E-state index in [1.807, 2.05) is 0 Å². The number of nitrogens with one attached hydrogen (secondary N) is 1. The van der Waals surface area contributed by atoms with Crippen LogP contribution in [0.1, 0.15) is 6.42 Å². The fourth-order valence-corrected chi connectivity index (χ4v) is 0.901. The predicted octanol–water partition coefficient (Wildman–Crippen LogP) is -2.00. The molecule has 0 rings (SSSR count). The zero-order valence-corrected chi connectivity index (χ0v) is 8.67. The summed E-state index contributed by atoms with van der Waals surface area (Å²) < 4.78 is 4.57. The van der Waals surface area contributed by atoms with Crippen molar-refractivity contribution >= 4 is 17.8 Å². The average Bonchev–Trinajstić information content (AvgIpc) is 2.15. The van der Waals surface area contributed by atoms with Gasteiger partial charge in [0, 0.05) is 7.11 Å². The van der Waals surface area contributed by atoms with Crippen molar-refractivity contribution in [3.05, 3.63) is 0 Å². The van der Waals surface area contributed by atoms with Gasteiger partial charge in [0.15, 0.2) is 6.04 Å². The number of carboxylic acids is 2. The summed E-state index contributed by atoms with van der Waals surface area (Å²) in [4.78, 5) is 32.1. The molecule has 16 heavy (non-hydrogen) atoms. The van der Waals surface area contributed by atoms with Gasteiger partial charge >= 0.3 is 11.9 Å². The number of hydrogen-bond donors (Lipinski definition) is 4. The van der Waals surface area contributed by atoms with E-state index >= 15 is 0 Å². The van der Waals surface area contributed by atoms with Crippen LogP contribution in [0.3, 0.4) is 0 Å². The van der Waals surface area contributed by atoms with E-state index in [-0.39, 0.29) is 6.61 Å². The van der Waals surface area contributed by atoms with E-state index in [9.17, 15) is 14.4 Å². The Hall–Kier alpha value is -1.67. The lowest BCUT2D eigenvalue weighted by atomic mass is 10.2. The molecule has 0 bridgehead atoms. The van der Waals surface area contributed by atoms with Crippen molar-refractivity contribution in [1.82, 2.24) is 5.32 Å². The van der Waals surface area contributed by atoms with Gasteiger partial charge in [0.25, 0.3) is 0 Å². The molecule has 0 saturated carbocycles. The number of carbonyl (C=O) groups excluding carboxylic acids is 1. The zero-order chi connectivity index (χ0) is 12.7. The van der Waals surface area contributed by atoms with Crippen molar-refractivity contribution in [3.8, 4) is 0 Å². The molecule has 0 aromatic heterocycles. The highest BCUT2D eigenvalue weighted by Crippen LogP contribution is 1.92. The van der Waals surface area contributed by atoms with Crippen LogP contribution >= 0.6 is 0 Å². The average molecular weight is 234 g/mol. The Morgan fingerprint density at radius 3 is 2.31 bits per heavy atom. The third-order valence-electron chi connectivity index (χ3n) is 1.68. The van der Waals surface area contributed by atoms with Crippen molar-refractivity contribution in [3.63, 3.8) is 0 Å². The summed E-state index contributed by atoms with van der Waals surface area (Å²) >= 11 is 0. The van der Waals surface area contributed by atoms with Gasteiger partial charge in [-0.2, -0.15) is 0 Å². The Balaban J connectivity index is 4.28. The van der Waals surface area contributed by atoms with Gasteiger partial charge in [-0.25, -0.2) is 4.79 Å². The van der Waals surface area contributed by atoms with Gasteiger partial charge in [-0.15, -0.1) is 0 Å². The molecular weight excluding hydrogens is 220 g/mol. The molecule has 8 nitrogen and oxygen atoms in total. The highest BCUT2D eigenvalue weighted by molar-refractivity contribution is 5.89. The lowest BCUT2D eigenvalue weighted by Gasteiger charge is -2.16. The third-order valence-corrected chi connectivity index (χ3v) is 1.68. The maximum Gasteiger partial charge on any atom is 0.328 e. The van der Waals surface area contributed by atoms with Crippen LogP contribution in [0.15, 0.2) is 0 Å². The first kappa shape index (κ1) is 14.3. The summed E-state index contributed by atoms with van der Waals surface area (Å²) in [5.41, 5.74) is 5.24. The van der Waals surface area contributed by atoms with Crippen molar-refractivity contribution in [2.45, 2.75) is 18.5 Å². The molecule has 8 heteroatoms. The minimum atomic E-state index is -1.28. The zero-order valence-electron chi connectivity index (χ0n) is 8.67. The summed E-state index contributed by atoms with van der Waals surface area (Å²) in [5, 5.41) is 19.1. The van der Waals surface area contributed by atoms with Crippen molar-refractivity contribution in [1.29, 1.82) is 0 Å². The normalized spacial score (nSPS) is 13.9. The quantitative estimate of drug-likeness (QED) is 0.399. The Morgan fingerprint density at radius 1 is 1.38 bits per heavy atom. The maximum atomic E-state index is 11.2. The number of aliphatic carboxylic acids is 2. The van der Waals surface area contributed by atoms with Crippen LogP contribution in [0.5, 0.6) is 0 Å². The summed E-state index contributed by atoms with van der Waals surface area (Å²) in [7, 11) is 1.28. The first-order valence-corrected chi connectivity index (χ1v) is 4.38. The van der Waals surface area contributed by atoms with Crippen LogP contribution in [-0.4, -0.2) is 53.9 Å². The molecule has 0 spiro atoms. The molecule has 1 amide bonds. The molecule has 0 radical (unpaired) electrons. The van der Waals surface area contributed by atoms with E-state index in [0.717, 1.165) is 0 Å². The molecule has 0 heterocycles. The van der Waals surface area contributed by atoms with Crippen LogP contribution < -0.4 is 11.1 Å². The van der Waals surface area contributed by atoms with Crippen LogP contribution in [0.4, 0.5) is 0 Å². The Labute approximate surface area is 91.4 Å². The van der Waals surface area contributed by atoms with Crippen LogP contribution in [0.2, 0.25) is 0 Å². The van der Waals surface area contributed by atoms with Gasteiger partial charge in [0.2, 0.25) is 5.91 Å². The molecule has 0 saturated heterocycles. The van der Waals surface area contributed by atoms with Gasteiger partial charge in [-0.1, -0.05) is 0 Å². The summed E-state index contributed by atoms with van der Waals surface area (Å²) in [5.74, 6) is -3.36. The topological polar surface area (TPSA) is 139 Å². The number of carboxylic acid groups (broad SMARTS) is 2.